The van der Waals surface area contributed by atoms with Gasteiger partial charge in [-0.3, -0.25) is 9.59 Å². The number of aliphatic hydroxyl groups excluding tert-OH is 1. The van der Waals surface area contributed by atoms with E-state index >= 15 is 0 Å². The molecule has 2 atom stereocenters. The molecule has 1 amide bonds. The third-order valence-electron chi connectivity index (χ3n) is 6.05. The Morgan fingerprint density at radius 2 is 1.94 bits per heavy atom. The maximum Gasteiger partial charge on any atom is 0.296 e. The van der Waals surface area contributed by atoms with Crippen LogP contribution >= 0.6 is 0 Å². The molecule has 3 heterocycles. The second-order valence-electron chi connectivity index (χ2n) is 8.23. The van der Waals surface area contributed by atoms with Crippen molar-refractivity contribution in [2.75, 3.05) is 7.11 Å². The van der Waals surface area contributed by atoms with Gasteiger partial charge < -0.3 is 23.9 Å². The number of methoxy groups -OCH3 is 1. The van der Waals surface area contributed by atoms with Gasteiger partial charge in [-0.2, -0.15) is 0 Å². The highest BCUT2D eigenvalue weighted by molar-refractivity contribution is 6.46. The smallest absolute Gasteiger partial charge is 0.296 e. The Morgan fingerprint density at radius 3 is 2.64 bits per heavy atom. The summed E-state index contributed by atoms with van der Waals surface area (Å²) in [7, 11) is 1.57. The topological polar surface area (TPSA) is 89.2 Å². The van der Waals surface area contributed by atoms with E-state index in [1.165, 1.54) is 11.2 Å². The Hall–Kier alpha value is -4.00. The Morgan fingerprint density at radius 1 is 1.15 bits per heavy atom. The number of nitrogens with zero attached hydrogens (tertiary/aromatic N) is 1. The van der Waals surface area contributed by atoms with Crippen molar-refractivity contribution in [1.29, 1.82) is 0 Å². The van der Waals surface area contributed by atoms with E-state index in [0.717, 1.165) is 11.3 Å². The van der Waals surface area contributed by atoms with Gasteiger partial charge in [0.1, 0.15) is 29.1 Å². The number of Topliss-reactive ketones (excluding diaryl/α,β-unsaturated/α-hetero) is 1. The maximum absolute atomic E-state index is 13.2. The molecule has 2 unspecified atom stereocenters. The number of aliphatic hydroxyl groups is 1. The minimum atomic E-state index is -0.774. The van der Waals surface area contributed by atoms with Crippen molar-refractivity contribution in [3.63, 3.8) is 0 Å². The number of carbonyl (C=O) groups excluding carboxylic acids is 2. The summed E-state index contributed by atoms with van der Waals surface area (Å²) in [6.07, 6.45) is 2.28. The van der Waals surface area contributed by atoms with Crippen LogP contribution in [-0.2, 0) is 22.6 Å². The van der Waals surface area contributed by atoms with Crippen LogP contribution in [0.25, 0.3) is 5.76 Å². The van der Waals surface area contributed by atoms with Crippen molar-refractivity contribution in [3.8, 4) is 11.5 Å². The number of fused-ring (bicyclic) bond motifs is 1. The highest BCUT2D eigenvalue weighted by Gasteiger charge is 2.46. The summed E-state index contributed by atoms with van der Waals surface area (Å²) >= 11 is 0. The summed E-state index contributed by atoms with van der Waals surface area (Å²) < 4.78 is 16.4. The molecule has 0 aliphatic carbocycles. The van der Waals surface area contributed by atoms with Gasteiger partial charge in [-0.05, 0) is 60.5 Å². The first-order valence-corrected chi connectivity index (χ1v) is 10.7. The van der Waals surface area contributed by atoms with Crippen LogP contribution in [0.2, 0.25) is 0 Å². The van der Waals surface area contributed by atoms with E-state index in [9.17, 15) is 14.7 Å². The van der Waals surface area contributed by atoms with Crippen molar-refractivity contribution >= 4 is 17.4 Å². The highest BCUT2D eigenvalue weighted by Crippen LogP contribution is 2.41. The van der Waals surface area contributed by atoms with E-state index in [1.807, 2.05) is 13.0 Å². The van der Waals surface area contributed by atoms with Gasteiger partial charge in [-0.25, -0.2) is 0 Å². The molecule has 1 aromatic heterocycles. The normalized spacial score (nSPS) is 21.2. The molecule has 1 N–H and O–H groups in total. The molecule has 1 saturated heterocycles. The second-order valence-corrected chi connectivity index (χ2v) is 8.23. The maximum atomic E-state index is 13.2. The monoisotopic (exact) mass is 445 g/mol. The van der Waals surface area contributed by atoms with Crippen LogP contribution in [0.4, 0.5) is 0 Å². The van der Waals surface area contributed by atoms with E-state index < -0.39 is 17.7 Å². The van der Waals surface area contributed by atoms with E-state index in [-0.39, 0.29) is 24.0 Å². The van der Waals surface area contributed by atoms with Gasteiger partial charge in [0.15, 0.2) is 0 Å². The predicted octanol–water partition coefficient (Wildman–Crippen LogP) is 4.23. The molecule has 2 aliphatic heterocycles. The average Bonchev–Trinajstić information content (AvgIpc) is 3.53. The van der Waals surface area contributed by atoms with Gasteiger partial charge in [0.05, 0.1) is 31.5 Å². The molecule has 1 fully saturated rings. The summed E-state index contributed by atoms with van der Waals surface area (Å²) in [6, 6.07) is 15.1. The zero-order valence-electron chi connectivity index (χ0n) is 18.3. The van der Waals surface area contributed by atoms with Crippen molar-refractivity contribution in [2.45, 2.75) is 32.0 Å². The fraction of sp³-hybridized carbons (Fsp3) is 0.231. The number of amides is 1. The number of hydrogen-bond acceptors (Lipinski definition) is 6. The third-order valence-corrected chi connectivity index (χ3v) is 6.05. The first kappa shape index (κ1) is 20.9. The molecule has 168 valence electrons. The summed E-state index contributed by atoms with van der Waals surface area (Å²) in [4.78, 5) is 27.6. The molecule has 2 aliphatic rings. The molecule has 0 bridgehead atoms. The molecule has 0 spiro atoms. The van der Waals surface area contributed by atoms with Crippen LogP contribution in [-0.4, -0.2) is 34.9 Å². The predicted molar refractivity (Wildman–Crippen MR) is 120 cm³/mol. The first-order chi connectivity index (χ1) is 16.0. The van der Waals surface area contributed by atoms with E-state index in [1.54, 1.807) is 55.6 Å². The molecule has 0 saturated carbocycles. The molecule has 3 aromatic rings. The first-order valence-electron chi connectivity index (χ1n) is 10.7. The van der Waals surface area contributed by atoms with Gasteiger partial charge in [0.2, 0.25) is 0 Å². The molecule has 7 heteroatoms. The number of ether oxygens (including phenoxy) is 2. The van der Waals surface area contributed by atoms with Crippen LogP contribution in [0.15, 0.2) is 70.9 Å². The third kappa shape index (κ3) is 3.65. The fourth-order valence-electron chi connectivity index (χ4n) is 4.47. The minimum absolute atomic E-state index is 0.0450. The number of hydrogen-bond donors (Lipinski definition) is 1. The van der Waals surface area contributed by atoms with E-state index in [0.29, 0.717) is 29.1 Å². The Kier molecular flexibility index (Phi) is 5.17. The molecule has 7 nitrogen and oxygen atoms in total. The Bertz CT molecular complexity index is 1240. The lowest BCUT2D eigenvalue weighted by atomic mass is 9.94. The number of likely N-dealkylation sites (tertiary alicyclic amines) is 1. The van der Waals surface area contributed by atoms with Crippen LogP contribution in [0.3, 0.4) is 0 Å². The van der Waals surface area contributed by atoms with Crippen molar-refractivity contribution < 1.29 is 28.6 Å². The largest absolute Gasteiger partial charge is 0.507 e. The molecular weight excluding hydrogens is 422 g/mol. The number of ketones is 1. The molecular formula is C26H23NO6. The summed E-state index contributed by atoms with van der Waals surface area (Å²) in [5.41, 5.74) is 2.16. The van der Waals surface area contributed by atoms with Gasteiger partial charge in [0, 0.05) is 12.0 Å². The second kappa shape index (κ2) is 8.16. The Labute approximate surface area is 190 Å². The van der Waals surface area contributed by atoms with Crippen LogP contribution in [0, 0.1) is 0 Å². The zero-order valence-corrected chi connectivity index (χ0v) is 18.3. The summed E-state index contributed by atoms with van der Waals surface area (Å²) in [5, 5.41) is 11.3. The lowest BCUT2D eigenvalue weighted by molar-refractivity contribution is -0.140. The summed E-state index contributed by atoms with van der Waals surface area (Å²) in [5.74, 6) is 0.327. The summed E-state index contributed by atoms with van der Waals surface area (Å²) in [6.45, 7) is 2.07. The molecule has 0 radical (unpaired) electrons. The number of rotatable bonds is 5. The Balaban J connectivity index is 1.62. The molecule has 2 aromatic carbocycles. The molecule has 33 heavy (non-hydrogen) atoms. The van der Waals surface area contributed by atoms with E-state index in [4.69, 9.17) is 13.9 Å². The van der Waals surface area contributed by atoms with Gasteiger partial charge in [-0.15, -0.1) is 0 Å². The SMILES string of the molecule is COc1ccc(C2/C(=C(\O)c3ccc4c(c3)CC(C)O4)C(=O)C(=O)N2Cc2ccco2)cc1. The number of carbonyl (C=O) groups is 2. The van der Waals surface area contributed by atoms with Crippen molar-refractivity contribution in [2.24, 2.45) is 0 Å². The van der Waals surface area contributed by atoms with E-state index in [2.05, 4.69) is 0 Å². The van der Waals surface area contributed by atoms with Crippen LogP contribution in [0.5, 0.6) is 11.5 Å². The van der Waals surface area contributed by atoms with Crippen LogP contribution < -0.4 is 9.47 Å². The zero-order chi connectivity index (χ0) is 23.1. The van der Waals surface area contributed by atoms with Crippen molar-refractivity contribution in [1.82, 2.24) is 4.90 Å². The minimum Gasteiger partial charge on any atom is -0.507 e. The lowest BCUT2D eigenvalue weighted by Crippen LogP contribution is -2.29. The van der Waals surface area contributed by atoms with Gasteiger partial charge in [0.25, 0.3) is 11.7 Å². The quantitative estimate of drug-likeness (QED) is 0.359. The van der Waals surface area contributed by atoms with Crippen LogP contribution in [0.1, 0.15) is 35.4 Å². The van der Waals surface area contributed by atoms with Crippen molar-refractivity contribution in [3.05, 3.63) is 88.9 Å². The highest BCUT2D eigenvalue weighted by atomic mass is 16.5. The lowest BCUT2D eigenvalue weighted by Gasteiger charge is -2.24. The standard InChI is InChI=1S/C26H23NO6/c1-15-12-18-13-17(7-10-21(18)33-15)24(28)22-23(16-5-8-19(31-2)9-6-16)27(26(30)25(22)29)14-20-4-3-11-32-20/h3-11,13,15,23,28H,12,14H2,1-2H3/b24-22+. The average molecular weight is 445 g/mol. The van der Waals surface area contributed by atoms with Gasteiger partial charge >= 0.3 is 0 Å². The fourth-order valence-corrected chi connectivity index (χ4v) is 4.47. The number of benzene rings is 2. The van der Waals surface area contributed by atoms with Gasteiger partial charge in [-0.1, -0.05) is 12.1 Å². The number of furan rings is 1. The molecule has 5 rings (SSSR count).